The number of fused-ring (bicyclic) bond motifs is 2. The molecular formula is C21H17N5O3. The predicted molar refractivity (Wildman–Crippen MR) is 106 cm³/mol. The summed E-state index contributed by atoms with van der Waals surface area (Å²) in [6.45, 7) is 1.90. The molecule has 1 amide bonds. The molecule has 0 fully saturated rings. The standard InChI is InChI=1S/C21H17N5O3/c1-11-18-14(12-6-8-13(9-7-12)20(28)29)10-17(27)24-19(18)26(25-11)21-22-15-4-2-3-5-16(15)23-21/h2-9,14H,10H2,1H3,(H,22,23)(H,24,27)(H,28,29)/t14-/m1/s1. The van der Waals surface area contributed by atoms with Gasteiger partial charge in [0.15, 0.2) is 0 Å². The molecule has 0 saturated carbocycles. The quantitative estimate of drug-likeness (QED) is 0.499. The number of rotatable bonds is 3. The van der Waals surface area contributed by atoms with Gasteiger partial charge in [0.25, 0.3) is 0 Å². The maximum absolute atomic E-state index is 12.5. The molecule has 0 saturated heterocycles. The first kappa shape index (κ1) is 17.2. The van der Waals surface area contributed by atoms with Crippen molar-refractivity contribution >= 4 is 28.7 Å². The van der Waals surface area contributed by atoms with E-state index in [4.69, 9.17) is 5.11 Å². The van der Waals surface area contributed by atoms with Crippen LogP contribution in [0.4, 0.5) is 5.82 Å². The third kappa shape index (κ3) is 2.77. The number of anilines is 1. The number of carboxylic acid groups (broad SMARTS) is 1. The highest BCUT2D eigenvalue weighted by molar-refractivity contribution is 5.95. The minimum absolute atomic E-state index is 0.123. The van der Waals surface area contributed by atoms with E-state index in [9.17, 15) is 9.59 Å². The number of nitrogens with zero attached hydrogens (tertiary/aromatic N) is 3. The Hall–Kier alpha value is -3.94. The average Bonchev–Trinajstić information content (AvgIpc) is 3.28. The zero-order chi connectivity index (χ0) is 20.1. The Morgan fingerprint density at radius 3 is 2.66 bits per heavy atom. The zero-order valence-corrected chi connectivity index (χ0v) is 15.5. The maximum Gasteiger partial charge on any atom is 0.335 e. The van der Waals surface area contributed by atoms with Crippen LogP contribution in [-0.2, 0) is 4.79 Å². The second-order valence-electron chi connectivity index (χ2n) is 7.07. The molecule has 5 rings (SSSR count). The third-order valence-electron chi connectivity index (χ3n) is 5.24. The van der Waals surface area contributed by atoms with Gasteiger partial charge in [-0.15, -0.1) is 0 Å². The number of imidazole rings is 1. The van der Waals surface area contributed by atoms with Crippen molar-refractivity contribution in [2.24, 2.45) is 0 Å². The normalized spacial score (nSPS) is 15.9. The lowest BCUT2D eigenvalue weighted by Crippen LogP contribution is -2.25. The van der Waals surface area contributed by atoms with Crippen LogP contribution in [0.1, 0.15) is 39.5 Å². The number of aryl methyl sites for hydroxylation is 1. The van der Waals surface area contributed by atoms with E-state index in [1.165, 1.54) is 0 Å². The average molecular weight is 387 g/mol. The van der Waals surface area contributed by atoms with E-state index in [1.54, 1.807) is 28.9 Å². The lowest BCUT2D eigenvalue weighted by Gasteiger charge is -2.24. The van der Waals surface area contributed by atoms with Crippen molar-refractivity contribution in [3.63, 3.8) is 0 Å². The molecule has 0 spiro atoms. The van der Waals surface area contributed by atoms with Crippen molar-refractivity contribution in [2.45, 2.75) is 19.3 Å². The van der Waals surface area contributed by atoms with Crippen LogP contribution >= 0.6 is 0 Å². The number of carbonyl (C=O) groups excluding carboxylic acids is 1. The topological polar surface area (TPSA) is 113 Å². The van der Waals surface area contributed by atoms with Crippen LogP contribution in [0.3, 0.4) is 0 Å². The number of carboxylic acids is 1. The predicted octanol–water partition coefficient (Wildman–Crippen LogP) is 3.23. The maximum atomic E-state index is 12.5. The monoisotopic (exact) mass is 387 g/mol. The van der Waals surface area contributed by atoms with Crippen molar-refractivity contribution in [1.29, 1.82) is 0 Å². The fourth-order valence-electron chi connectivity index (χ4n) is 3.88. The first-order valence-electron chi connectivity index (χ1n) is 9.19. The van der Waals surface area contributed by atoms with E-state index in [2.05, 4.69) is 20.4 Å². The Morgan fingerprint density at radius 2 is 1.93 bits per heavy atom. The van der Waals surface area contributed by atoms with E-state index in [0.29, 0.717) is 11.8 Å². The number of hydrogen-bond acceptors (Lipinski definition) is 4. The number of aromatic amines is 1. The van der Waals surface area contributed by atoms with Gasteiger partial charge in [0.1, 0.15) is 5.82 Å². The summed E-state index contributed by atoms with van der Waals surface area (Å²) in [5, 5.41) is 16.7. The smallest absolute Gasteiger partial charge is 0.335 e. The summed E-state index contributed by atoms with van der Waals surface area (Å²) < 4.78 is 1.63. The summed E-state index contributed by atoms with van der Waals surface area (Å²) in [4.78, 5) is 31.4. The van der Waals surface area contributed by atoms with Gasteiger partial charge >= 0.3 is 5.97 Å². The van der Waals surface area contributed by atoms with Gasteiger partial charge < -0.3 is 15.4 Å². The van der Waals surface area contributed by atoms with E-state index >= 15 is 0 Å². The van der Waals surface area contributed by atoms with Crippen LogP contribution < -0.4 is 5.32 Å². The van der Waals surface area contributed by atoms with Crippen LogP contribution in [-0.4, -0.2) is 36.7 Å². The Bertz CT molecular complexity index is 1240. The van der Waals surface area contributed by atoms with Gasteiger partial charge in [-0.05, 0) is 36.8 Å². The van der Waals surface area contributed by atoms with Crippen LogP contribution in [0, 0.1) is 6.92 Å². The molecule has 144 valence electrons. The fraction of sp³-hybridized carbons (Fsp3) is 0.143. The number of nitrogens with one attached hydrogen (secondary N) is 2. The molecule has 3 heterocycles. The number of benzene rings is 2. The van der Waals surface area contributed by atoms with Crippen LogP contribution in [0.2, 0.25) is 0 Å². The molecule has 29 heavy (non-hydrogen) atoms. The lowest BCUT2D eigenvalue weighted by atomic mass is 9.85. The summed E-state index contributed by atoms with van der Waals surface area (Å²) in [5.41, 5.74) is 4.47. The van der Waals surface area contributed by atoms with Gasteiger partial charge in [-0.25, -0.2) is 9.78 Å². The van der Waals surface area contributed by atoms with Gasteiger partial charge in [0, 0.05) is 17.9 Å². The number of para-hydroxylation sites is 2. The summed E-state index contributed by atoms with van der Waals surface area (Å²) in [7, 11) is 0. The van der Waals surface area contributed by atoms with Gasteiger partial charge in [-0.3, -0.25) is 4.79 Å². The summed E-state index contributed by atoms with van der Waals surface area (Å²) in [6, 6.07) is 14.3. The first-order valence-corrected chi connectivity index (χ1v) is 9.19. The molecule has 0 aliphatic carbocycles. The highest BCUT2D eigenvalue weighted by Crippen LogP contribution is 2.40. The number of hydrogen-bond donors (Lipinski definition) is 3. The van der Waals surface area contributed by atoms with Gasteiger partial charge in [-0.1, -0.05) is 24.3 Å². The highest BCUT2D eigenvalue weighted by Gasteiger charge is 2.33. The van der Waals surface area contributed by atoms with Crippen molar-refractivity contribution in [2.75, 3.05) is 5.32 Å². The van der Waals surface area contributed by atoms with Crippen LogP contribution in [0.15, 0.2) is 48.5 Å². The molecule has 1 atom stereocenters. The van der Waals surface area contributed by atoms with Gasteiger partial charge in [-0.2, -0.15) is 9.78 Å². The van der Waals surface area contributed by atoms with E-state index < -0.39 is 5.97 Å². The Kier molecular flexibility index (Phi) is 3.73. The van der Waals surface area contributed by atoms with Crippen LogP contribution in [0.25, 0.3) is 17.0 Å². The van der Waals surface area contributed by atoms with Crippen molar-refractivity contribution in [3.05, 3.63) is 70.9 Å². The molecule has 2 aromatic carbocycles. The molecule has 0 radical (unpaired) electrons. The van der Waals surface area contributed by atoms with Crippen molar-refractivity contribution in [1.82, 2.24) is 19.7 Å². The number of carbonyl (C=O) groups is 2. The summed E-state index contributed by atoms with van der Waals surface area (Å²) in [6.07, 6.45) is 0.270. The molecule has 0 unspecified atom stereocenters. The molecular weight excluding hydrogens is 370 g/mol. The molecule has 2 aromatic heterocycles. The summed E-state index contributed by atoms with van der Waals surface area (Å²) in [5.74, 6) is -0.197. The first-order chi connectivity index (χ1) is 14.0. The number of aromatic nitrogens is 4. The van der Waals surface area contributed by atoms with Crippen LogP contribution in [0.5, 0.6) is 0 Å². The number of H-pyrrole nitrogens is 1. The summed E-state index contributed by atoms with van der Waals surface area (Å²) >= 11 is 0. The largest absolute Gasteiger partial charge is 0.478 e. The molecule has 4 aromatic rings. The minimum atomic E-state index is -0.979. The minimum Gasteiger partial charge on any atom is -0.478 e. The number of aromatic carboxylic acids is 1. The van der Waals surface area contributed by atoms with E-state index in [0.717, 1.165) is 27.9 Å². The Balaban J connectivity index is 1.63. The highest BCUT2D eigenvalue weighted by atomic mass is 16.4. The van der Waals surface area contributed by atoms with Crippen molar-refractivity contribution < 1.29 is 14.7 Å². The third-order valence-corrected chi connectivity index (χ3v) is 5.24. The van der Waals surface area contributed by atoms with E-state index in [1.807, 2.05) is 31.2 Å². The second kappa shape index (κ2) is 6.30. The number of amides is 1. The molecule has 3 N–H and O–H groups in total. The molecule has 0 bridgehead atoms. The fourth-order valence-corrected chi connectivity index (χ4v) is 3.88. The SMILES string of the molecule is Cc1nn(-c2nc3ccccc3[nH]2)c2c1[C@@H](c1ccc(C(=O)O)cc1)CC(=O)N2. The Morgan fingerprint density at radius 1 is 1.17 bits per heavy atom. The molecule has 1 aliphatic heterocycles. The molecule has 8 heteroatoms. The second-order valence-corrected chi connectivity index (χ2v) is 7.07. The van der Waals surface area contributed by atoms with E-state index in [-0.39, 0.29) is 23.8 Å². The zero-order valence-electron chi connectivity index (χ0n) is 15.5. The Labute approximate surface area is 165 Å². The lowest BCUT2D eigenvalue weighted by molar-refractivity contribution is -0.116. The van der Waals surface area contributed by atoms with Gasteiger partial charge in [0.2, 0.25) is 11.9 Å². The van der Waals surface area contributed by atoms with Gasteiger partial charge in [0.05, 0.1) is 22.3 Å². The van der Waals surface area contributed by atoms with Crippen molar-refractivity contribution in [3.8, 4) is 5.95 Å². The molecule has 1 aliphatic rings. The molecule has 8 nitrogen and oxygen atoms in total.